The molecule has 74 valence electrons. The minimum absolute atomic E-state index is 0.114. The van der Waals surface area contributed by atoms with Crippen LogP contribution < -0.4 is 10.8 Å². The highest BCUT2D eigenvalue weighted by Crippen LogP contribution is 2.00. The van der Waals surface area contributed by atoms with Gasteiger partial charge in [-0.15, -0.1) is 0 Å². The SMILES string of the molecule is O=C(NOC1CNC1)c1ccccc1. The van der Waals surface area contributed by atoms with Crippen molar-refractivity contribution in [3.05, 3.63) is 35.9 Å². The number of amides is 1. The van der Waals surface area contributed by atoms with Crippen LogP contribution in [0.15, 0.2) is 30.3 Å². The van der Waals surface area contributed by atoms with Crippen LogP contribution in [0.4, 0.5) is 0 Å². The van der Waals surface area contributed by atoms with Gasteiger partial charge in [-0.05, 0) is 12.1 Å². The third kappa shape index (κ3) is 2.10. The molecule has 4 nitrogen and oxygen atoms in total. The van der Waals surface area contributed by atoms with Gasteiger partial charge in [-0.25, -0.2) is 5.48 Å². The maximum absolute atomic E-state index is 11.4. The molecule has 0 aliphatic carbocycles. The molecule has 1 saturated heterocycles. The van der Waals surface area contributed by atoms with Gasteiger partial charge in [0.2, 0.25) is 0 Å². The smallest absolute Gasteiger partial charge is 0.274 e. The number of rotatable bonds is 3. The second kappa shape index (κ2) is 4.21. The normalized spacial score (nSPS) is 16.0. The molecule has 4 heteroatoms. The lowest BCUT2D eigenvalue weighted by Crippen LogP contribution is -2.51. The van der Waals surface area contributed by atoms with E-state index in [1.807, 2.05) is 18.2 Å². The number of nitrogens with one attached hydrogen (secondary N) is 2. The molecule has 1 amide bonds. The molecule has 1 aliphatic rings. The summed E-state index contributed by atoms with van der Waals surface area (Å²) in [6.07, 6.45) is 0.114. The van der Waals surface area contributed by atoms with Crippen molar-refractivity contribution >= 4 is 5.91 Å². The minimum Gasteiger partial charge on any atom is -0.311 e. The van der Waals surface area contributed by atoms with Crippen molar-refractivity contribution in [1.29, 1.82) is 0 Å². The molecule has 0 atom stereocenters. The second-order valence-corrected chi connectivity index (χ2v) is 3.20. The Labute approximate surface area is 82.2 Å². The van der Waals surface area contributed by atoms with Crippen molar-refractivity contribution in [1.82, 2.24) is 10.8 Å². The van der Waals surface area contributed by atoms with E-state index >= 15 is 0 Å². The summed E-state index contributed by atoms with van der Waals surface area (Å²) in [5.41, 5.74) is 3.03. The maximum Gasteiger partial charge on any atom is 0.274 e. The predicted molar refractivity (Wildman–Crippen MR) is 51.7 cm³/mol. The van der Waals surface area contributed by atoms with Crippen LogP contribution >= 0.6 is 0 Å². The molecule has 2 N–H and O–H groups in total. The number of carbonyl (C=O) groups is 1. The monoisotopic (exact) mass is 192 g/mol. The molecule has 0 spiro atoms. The molecule has 1 aliphatic heterocycles. The number of carbonyl (C=O) groups excluding carboxylic acids is 1. The zero-order valence-electron chi connectivity index (χ0n) is 7.69. The van der Waals surface area contributed by atoms with Crippen molar-refractivity contribution in [3.63, 3.8) is 0 Å². The molecule has 0 saturated carbocycles. The zero-order valence-corrected chi connectivity index (χ0v) is 7.69. The Balaban J connectivity index is 1.83. The fraction of sp³-hybridized carbons (Fsp3) is 0.300. The van der Waals surface area contributed by atoms with E-state index in [-0.39, 0.29) is 12.0 Å². The van der Waals surface area contributed by atoms with Gasteiger partial charge in [0, 0.05) is 18.7 Å². The van der Waals surface area contributed by atoms with Crippen molar-refractivity contribution < 1.29 is 9.63 Å². The van der Waals surface area contributed by atoms with Gasteiger partial charge in [0.05, 0.1) is 0 Å². The summed E-state index contributed by atoms with van der Waals surface area (Å²) in [4.78, 5) is 16.6. The van der Waals surface area contributed by atoms with E-state index in [2.05, 4.69) is 10.8 Å². The van der Waals surface area contributed by atoms with E-state index in [4.69, 9.17) is 4.84 Å². The first-order chi connectivity index (χ1) is 6.86. The lowest BCUT2D eigenvalue weighted by atomic mass is 10.2. The van der Waals surface area contributed by atoms with Gasteiger partial charge in [-0.1, -0.05) is 18.2 Å². The van der Waals surface area contributed by atoms with Crippen LogP contribution in [0.1, 0.15) is 10.4 Å². The van der Waals surface area contributed by atoms with E-state index in [0.717, 1.165) is 13.1 Å². The van der Waals surface area contributed by atoms with Gasteiger partial charge >= 0.3 is 0 Å². The fourth-order valence-corrected chi connectivity index (χ4v) is 1.13. The van der Waals surface area contributed by atoms with Crippen LogP contribution in [0.2, 0.25) is 0 Å². The average Bonchev–Trinajstić information content (AvgIpc) is 2.16. The molecule has 0 aromatic heterocycles. The average molecular weight is 192 g/mol. The summed E-state index contributed by atoms with van der Waals surface area (Å²) < 4.78 is 0. The Morgan fingerprint density at radius 3 is 2.64 bits per heavy atom. The van der Waals surface area contributed by atoms with Crippen LogP contribution in [0, 0.1) is 0 Å². The first kappa shape index (κ1) is 9.18. The molecule has 0 radical (unpaired) electrons. The summed E-state index contributed by atoms with van der Waals surface area (Å²) in [6.45, 7) is 1.60. The van der Waals surface area contributed by atoms with Gasteiger partial charge in [-0.3, -0.25) is 9.63 Å². The van der Waals surface area contributed by atoms with Gasteiger partial charge in [-0.2, -0.15) is 0 Å². The van der Waals surface area contributed by atoms with Crippen LogP contribution in [0.25, 0.3) is 0 Å². The lowest BCUT2D eigenvalue weighted by molar-refractivity contribution is -0.0381. The highest BCUT2D eigenvalue weighted by molar-refractivity contribution is 5.93. The summed E-state index contributed by atoms with van der Waals surface area (Å²) in [5.74, 6) is -0.197. The van der Waals surface area contributed by atoms with Crippen molar-refractivity contribution in [2.75, 3.05) is 13.1 Å². The maximum atomic E-state index is 11.4. The van der Waals surface area contributed by atoms with Crippen molar-refractivity contribution in [2.24, 2.45) is 0 Å². The van der Waals surface area contributed by atoms with Gasteiger partial charge in [0.15, 0.2) is 0 Å². The second-order valence-electron chi connectivity index (χ2n) is 3.20. The van der Waals surface area contributed by atoms with E-state index in [0.29, 0.717) is 5.56 Å². The van der Waals surface area contributed by atoms with Gasteiger partial charge in [0.25, 0.3) is 5.91 Å². The number of hydroxylamine groups is 1. The van der Waals surface area contributed by atoms with Crippen LogP contribution in [-0.2, 0) is 4.84 Å². The largest absolute Gasteiger partial charge is 0.311 e. The first-order valence-corrected chi connectivity index (χ1v) is 4.58. The summed E-state index contributed by atoms with van der Waals surface area (Å²) in [7, 11) is 0. The third-order valence-corrected chi connectivity index (χ3v) is 2.10. The molecule has 0 bridgehead atoms. The van der Waals surface area contributed by atoms with Crippen LogP contribution in [0.3, 0.4) is 0 Å². The standard InChI is InChI=1S/C10H12N2O2/c13-10(8-4-2-1-3-5-8)12-14-9-6-11-7-9/h1-5,9,11H,6-7H2,(H,12,13). The molecule has 0 unspecified atom stereocenters. The topological polar surface area (TPSA) is 50.4 Å². The van der Waals surface area contributed by atoms with E-state index in [1.54, 1.807) is 12.1 Å². The van der Waals surface area contributed by atoms with Crippen molar-refractivity contribution in [3.8, 4) is 0 Å². The van der Waals surface area contributed by atoms with Gasteiger partial charge in [0.1, 0.15) is 6.10 Å². The Bertz CT molecular complexity index is 309. The highest BCUT2D eigenvalue weighted by atomic mass is 16.7. The number of hydrogen-bond acceptors (Lipinski definition) is 3. The fourth-order valence-electron chi connectivity index (χ4n) is 1.13. The van der Waals surface area contributed by atoms with Crippen LogP contribution in [0.5, 0.6) is 0 Å². The minimum atomic E-state index is -0.197. The van der Waals surface area contributed by atoms with Gasteiger partial charge < -0.3 is 5.32 Å². The Hall–Kier alpha value is -1.39. The first-order valence-electron chi connectivity index (χ1n) is 4.58. The Kier molecular flexibility index (Phi) is 2.76. The molecule has 1 fully saturated rings. The molecular weight excluding hydrogens is 180 g/mol. The molecule has 1 aromatic rings. The zero-order chi connectivity index (χ0) is 9.80. The van der Waals surface area contributed by atoms with E-state index in [9.17, 15) is 4.79 Å². The Morgan fingerprint density at radius 2 is 2.07 bits per heavy atom. The summed E-state index contributed by atoms with van der Waals surface area (Å²) >= 11 is 0. The molecule has 2 rings (SSSR count). The molecular formula is C10H12N2O2. The van der Waals surface area contributed by atoms with E-state index < -0.39 is 0 Å². The summed E-state index contributed by atoms with van der Waals surface area (Å²) in [6, 6.07) is 9.00. The summed E-state index contributed by atoms with van der Waals surface area (Å²) in [5, 5.41) is 3.05. The number of benzene rings is 1. The van der Waals surface area contributed by atoms with Crippen molar-refractivity contribution in [2.45, 2.75) is 6.10 Å². The third-order valence-electron chi connectivity index (χ3n) is 2.10. The quantitative estimate of drug-likeness (QED) is 0.678. The molecule has 1 heterocycles. The van der Waals surface area contributed by atoms with Crippen LogP contribution in [-0.4, -0.2) is 25.1 Å². The molecule has 1 aromatic carbocycles. The lowest BCUT2D eigenvalue weighted by Gasteiger charge is -2.26. The predicted octanol–water partition coefficient (Wildman–Crippen LogP) is 0.320. The molecule has 14 heavy (non-hydrogen) atoms. The van der Waals surface area contributed by atoms with E-state index in [1.165, 1.54) is 0 Å². The Morgan fingerprint density at radius 1 is 1.36 bits per heavy atom. The number of hydrogen-bond donors (Lipinski definition) is 2. The highest BCUT2D eigenvalue weighted by Gasteiger charge is 2.18.